The van der Waals surface area contributed by atoms with Gasteiger partial charge in [0.2, 0.25) is 0 Å². The number of hydrogen-bond donors (Lipinski definition) is 1. The van der Waals surface area contributed by atoms with Crippen LogP contribution in [0.3, 0.4) is 0 Å². The van der Waals surface area contributed by atoms with E-state index in [1.807, 2.05) is 13.8 Å². The molecule has 0 aromatic carbocycles. The highest BCUT2D eigenvalue weighted by Gasteiger charge is 2.29. The predicted molar refractivity (Wildman–Crippen MR) is 70.5 cm³/mol. The zero-order chi connectivity index (χ0) is 13.2. The number of anilines is 1. The zero-order valence-corrected chi connectivity index (χ0v) is 11.8. The highest BCUT2D eigenvalue weighted by Crippen LogP contribution is 2.28. The molecule has 96 valence electrons. The molecule has 17 heavy (non-hydrogen) atoms. The molecule has 0 aliphatic carbocycles. The summed E-state index contributed by atoms with van der Waals surface area (Å²) in [4.78, 5) is 3.94. The van der Waals surface area contributed by atoms with Crippen LogP contribution in [-0.2, 0) is 10.0 Å². The smallest absolute Gasteiger partial charge is 0.255 e. The molecule has 2 N–H and O–H groups in total. The molecule has 0 atom stereocenters. The van der Waals surface area contributed by atoms with Gasteiger partial charge in [-0.15, -0.1) is 6.58 Å². The van der Waals surface area contributed by atoms with Crippen LogP contribution in [0.2, 0.25) is 0 Å². The van der Waals surface area contributed by atoms with E-state index in [0.29, 0.717) is 5.69 Å². The number of nitrogens with two attached hydrogens (primary N) is 1. The van der Waals surface area contributed by atoms with E-state index in [1.54, 1.807) is 13.0 Å². The number of nitrogens with zero attached hydrogens (tertiary/aromatic N) is 2. The number of aryl methyl sites for hydroxylation is 1. The maximum atomic E-state index is 12.4. The zero-order valence-electron chi connectivity index (χ0n) is 10.2. The van der Waals surface area contributed by atoms with Gasteiger partial charge in [0, 0.05) is 12.6 Å². The summed E-state index contributed by atoms with van der Waals surface area (Å²) in [6, 6.07) is -0.138. The molecule has 1 heterocycles. The van der Waals surface area contributed by atoms with E-state index < -0.39 is 10.0 Å². The molecule has 0 spiro atoms. The van der Waals surface area contributed by atoms with Crippen LogP contribution in [0.15, 0.2) is 16.9 Å². The second-order valence-corrected chi connectivity index (χ2v) is 7.00. The normalized spacial score (nSPS) is 12.3. The Bertz CT molecular complexity index is 506. The van der Waals surface area contributed by atoms with Crippen LogP contribution >= 0.6 is 11.3 Å². The van der Waals surface area contributed by atoms with Crippen molar-refractivity contribution in [1.29, 1.82) is 0 Å². The largest absolute Gasteiger partial charge is 0.375 e. The molecule has 0 aliphatic rings. The predicted octanol–water partition coefficient (Wildman–Crippen LogP) is 1.62. The molecule has 0 saturated carbocycles. The monoisotopic (exact) mass is 275 g/mol. The molecule has 5 nitrogen and oxygen atoms in total. The summed E-state index contributed by atoms with van der Waals surface area (Å²) in [6.07, 6.45) is 1.57. The summed E-state index contributed by atoms with van der Waals surface area (Å²) >= 11 is 0.996. The van der Waals surface area contributed by atoms with Crippen molar-refractivity contribution >= 4 is 26.5 Å². The van der Waals surface area contributed by atoms with Gasteiger partial charge >= 0.3 is 0 Å². The van der Waals surface area contributed by atoms with Crippen molar-refractivity contribution in [2.24, 2.45) is 0 Å². The highest BCUT2D eigenvalue weighted by atomic mass is 32.2. The topological polar surface area (TPSA) is 76.3 Å². The van der Waals surface area contributed by atoms with Crippen LogP contribution in [0.4, 0.5) is 5.13 Å². The van der Waals surface area contributed by atoms with Crippen molar-refractivity contribution < 1.29 is 8.42 Å². The van der Waals surface area contributed by atoms with Crippen molar-refractivity contribution in [2.75, 3.05) is 12.3 Å². The van der Waals surface area contributed by atoms with Gasteiger partial charge in [-0.2, -0.15) is 4.31 Å². The molecule has 1 aromatic rings. The molecular formula is C10H17N3O2S2. The van der Waals surface area contributed by atoms with Crippen molar-refractivity contribution in [3.05, 3.63) is 18.3 Å². The third-order valence-electron chi connectivity index (χ3n) is 2.20. The minimum Gasteiger partial charge on any atom is -0.375 e. The van der Waals surface area contributed by atoms with Crippen molar-refractivity contribution in [3.8, 4) is 0 Å². The van der Waals surface area contributed by atoms with E-state index >= 15 is 0 Å². The molecule has 0 aliphatic heterocycles. The standard InChI is InChI=1S/C10H17N3O2S2/c1-5-6-13(7(2)3)17(14,15)9-8(4)12-10(11)16-9/h5,7H,1,6H2,2-4H3,(H2,11,12). The number of aromatic nitrogens is 1. The SMILES string of the molecule is C=CCN(C(C)C)S(=O)(=O)c1sc(N)nc1C. The molecule has 7 heteroatoms. The van der Waals surface area contributed by atoms with Crippen molar-refractivity contribution in [3.63, 3.8) is 0 Å². The Labute approximate surface area is 106 Å². The van der Waals surface area contributed by atoms with Crippen LogP contribution in [0.5, 0.6) is 0 Å². The second-order valence-electron chi connectivity index (χ2n) is 3.88. The first kappa shape index (κ1) is 14.1. The van der Waals surface area contributed by atoms with Gasteiger partial charge in [0.05, 0.1) is 5.69 Å². The number of rotatable bonds is 5. The Morgan fingerprint density at radius 1 is 1.59 bits per heavy atom. The maximum Gasteiger partial charge on any atom is 0.255 e. The minimum atomic E-state index is -3.53. The Morgan fingerprint density at radius 3 is 2.53 bits per heavy atom. The molecule has 0 bridgehead atoms. The van der Waals surface area contributed by atoms with E-state index in [4.69, 9.17) is 5.73 Å². The molecule has 0 unspecified atom stereocenters. The molecule has 1 aromatic heterocycles. The summed E-state index contributed by atoms with van der Waals surface area (Å²) in [5, 5.41) is 0.267. The van der Waals surface area contributed by atoms with Crippen LogP contribution in [0, 0.1) is 6.92 Å². The van der Waals surface area contributed by atoms with E-state index in [2.05, 4.69) is 11.6 Å². The molecule has 1 rings (SSSR count). The summed E-state index contributed by atoms with van der Waals surface area (Å²) < 4.78 is 26.4. The first-order chi connectivity index (χ1) is 7.80. The van der Waals surface area contributed by atoms with Gasteiger partial charge in [-0.3, -0.25) is 0 Å². The Hall–Kier alpha value is -0.920. The second kappa shape index (κ2) is 5.16. The van der Waals surface area contributed by atoms with Gasteiger partial charge in [-0.05, 0) is 20.8 Å². The van der Waals surface area contributed by atoms with Gasteiger partial charge in [0.25, 0.3) is 10.0 Å². The summed E-state index contributed by atoms with van der Waals surface area (Å²) in [6.45, 7) is 9.14. The van der Waals surface area contributed by atoms with Crippen molar-refractivity contribution in [1.82, 2.24) is 9.29 Å². The van der Waals surface area contributed by atoms with Crippen LogP contribution in [0.25, 0.3) is 0 Å². The number of nitrogen functional groups attached to an aromatic ring is 1. The van der Waals surface area contributed by atoms with E-state index in [0.717, 1.165) is 11.3 Å². The first-order valence-corrected chi connectivity index (χ1v) is 7.42. The highest BCUT2D eigenvalue weighted by molar-refractivity contribution is 7.91. The van der Waals surface area contributed by atoms with Gasteiger partial charge in [0.1, 0.15) is 0 Å². The summed E-state index contributed by atoms with van der Waals surface area (Å²) in [5.74, 6) is 0. The lowest BCUT2D eigenvalue weighted by atomic mass is 10.4. The fourth-order valence-corrected chi connectivity index (χ4v) is 4.48. The molecule has 0 saturated heterocycles. The summed E-state index contributed by atoms with van der Waals surface area (Å²) in [7, 11) is -3.53. The third-order valence-corrected chi connectivity index (χ3v) is 5.81. The van der Waals surface area contributed by atoms with E-state index in [9.17, 15) is 8.42 Å². The van der Waals surface area contributed by atoms with Crippen LogP contribution in [-0.4, -0.2) is 30.3 Å². The van der Waals surface area contributed by atoms with Crippen molar-refractivity contribution in [2.45, 2.75) is 31.0 Å². The van der Waals surface area contributed by atoms with E-state index in [-0.39, 0.29) is 21.9 Å². The molecule has 0 fully saturated rings. The van der Waals surface area contributed by atoms with Crippen LogP contribution < -0.4 is 5.73 Å². The lowest BCUT2D eigenvalue weighted by molar-refractivity contribution is 0.383. The third kappa shape index (κ3) is 2.85. The molecule has 0 amide bonds. The van der Waals surface area contributed by atoms with Gasteiger partial charge in [-0.25, -0.2) is 13.4 Å². The van der Waals surface area contributed by atoms with Crippen LogP contribution in [0.1, 0.15) is 19.5 Å². The maximum absolute atomic E-state index is 12.4. The van der Waals surface area contributed by atoms with Gasteiger partial charge in [-0.1, -0.05) is 17.4 Å². The molecular weight excluding hydrogens is 258 g/mol. The minimum absolute atomic E-state index is 0.138. The average molecular weight is 275 g/mol. The quantitative estimate of drug-likeness (QED) is 0.828. The lowest BCUT2D eigenvalue weighted by Crippen LogP contribution is -2.36. The van der Waals surface area contributed by atoms with E-state index in [1.165, 1.54) is 4.31 Å². The Balaban J connectivity index is 3.25. The van der Waals surface area contributed by atoms with Gasteiger partial charge < -0.3 is 5.73 Å². The molecule has 0 radical (unpaired) electrons. The number of sulfonamides is 1. The fourth-order valence-electron chi connectivity index (χ4n) is 1.46. The Morgan fingerprint density at radius 2 is 2.18 bits per heavy atom. The lowest BCUT2D eigenvalue weighted by Gasteiger charge is -2.23. The number of hydrogen-bond acceptors (Lipinski definition) is 5. The Kier molecular flexibility index (Phi) is 4.29. The summed E-state index contributed by atoms with van der Waals surface area (Å²) in [5.41, 5.74) is 5.98. The fraction of sp³-hybridized carbons (Fsp3) is 0.500. The average Bonchev–Trinajstić information content (AvgIpc) is 2.54. The van der Waals surface area contributed by atoms with Gasteiger partial charge in [0.15, 0.2) is 9.34 Å². The number of thiazole rings is 1. The first-order valence-electron chi connectivity index (χ1n) is 5.16.